The van der Waals surface area contributed by atoms with Crippen molar-refractivity contribution in [1.29, 1.82) is 0 Å². The van der Waals surface area contributed by atoms with Gasteiger partial charge in [0.15, 0.2) is 0 Å². The van der Waals surface area contributed by atoms with Crippen molar-refractivity contribution in [2.24, 2.45) is 5.92 Å². The summed E-state index contributed by atoms with van der Waals surface area (Å²) in [5.74, 6) is 0.284. The molecule has 17 heavy (non-hydrogen) atoms. The predicted molar refractivity (Wildman–Crippen MR) is 70.8 cm³/mol. The van der Waals surface area contributed by atoms with Crippen LogP contribution in [-0.2, 0) is 6.54 Å². The third-order valence-electron chi connectivity index (χ3n) is 2.37. The second-order valence-electron chi connectivity index (χ2n) is 4.54. The highest BCUT2D eigenvalue weighted by atomic mass is 35.5. The second-order valence-corrected chi connectivity index (χ2v) is 4.54. The Hall–Kier alpha value is -0.640. The van der Waals surface area contributed by atoms with Gasteiger partial charge in [-0.25, -0.2) is 4.39 Å². The molecule has 0 aromatic heterocycles. The van der Waals surface area contributed by atoms with E-state index in [2.05, 4.69) is 19.2 Å². The van der Waals surface area contributed by atoms with E-state index in [4.69, 9.17) is 0 Å². The van der Waals surface area contributed by atoms with Crippen LogP contribution in [0, 0.1) is 11.7 Å². The molecule has 0 radical (unpaired) electrons. The van der Waals surface area contributed by atoms with E-state index >= 15 is 0 Å². The minimum Gasteiger partial charge on any atom is -0.392 e. The Labute approximate surface area is 109 Å². The van der Waals surface area contributed by atoms with Crippen LogP contribution in [0.2, 0.25) is 0 Å². The lowest BCUT2D eigenvalue weighted by molar-refractivity contribution is 0.146. The fourth-order valence-corrected chi connectivity index (χ4v) is 1.61. The van der Waals surface area contributed by atoms with E-state index in [1.165, 1.54) is 12.1 Å². The molecule has 0 heterocycles. The Morgan fingerprint density at radius 2 is 1.82 bits per heavy atom. The highest BCUT2D eigenvalue weighted by Crippen LogP contribution is 2.05. The van der Waals surface area contributed by atoms with E-state index in [-0.39, 0.29) is 24.3 Å². The third kappa shape index (κ3) is 7.31. The molecule has 98 valence electrons. The summed E-state index contributed by atoms with van der Waals surface area (Å²) in [5, 5.41) is 12.8. The Balaban J connectivity index is 0.00000256. The molecular weight excluding hydrogens is 241 g/mol. The van der Waals surface area contributed by atoms with Gasteiger partial charge < -0.3 is 10.4 Å². The van der Waals surface area contributed by atoms with Gasteiger partial charge in [0.1, 0.15) is 5.82 Å². The minimum absolute atomic E-state index is 0. The van der Waals surface area contributed by atoms with Crippen LogP contribution < -0.4 is 5.32 Å². The maximum atomic E-state index is 12.6. The molecule has 4 heteroatoms. The number of hydrogen-bond donors (Lipinski definition) is 2. The number of benzene rings is 1. The van der Waals surface area contributed by atoms with Crippen LogP contribution in [0.1, 0.15) is 25.8 Å². The van der Waals surface area contributed by atoms with E-state index in [9.17, 15) is 9.50 Å². The van der Waals surface area contributed by atoms with Crippen molar-refractivity contribution in [2.75, 3.05) is 6.54 Å². The zero-order chi connectivity index (χ0) is 12.0. The molecule has 1 unspecified atom stereocenters. The van der Waals surface area contributed by atoms with Crippen LogP contribution in [-0.4, -0.2) is 17.8 Å². The first-order valence-corrected chi connectivity index (χ1v) is 5.71. The first kappa shape index (κ1) is 16.4. The number of halogens is 2. The van der Waals surface area contributed by atoms with Crippen molar-refractivity contribution < 1.29 is 9.50 Å². The number of nitrogens with one attached hydrogen (secondary N) is 1. The summed E-state index contributed by atoms with van der Waals surface area (Å²) in [6, 6.07) is 6.39. The number of aliphatic hydroxyl groups is 1. The van der Waals surface area contributed by atoms with Crippen LogP contribution in [0.5, 0.6) is 0 Å². The largest absolute Gasteiger partial charge is 0.392 e. The summed E-state index contributed by atoms with van der Waals surface area (Å²) in [5.41, 5.74) is 1.03. The summed E-state index contributed by atoms with van der Waals surface area (Å²) < 4.78 is 12.6. The lowest BCUT2D eigenvalue weighted by Gasteiger charge is -2.13. The molecule has 1 aromatic rings. The second kappa shape index (κ2) is 8.45. The predicted octanol–water partition coefficient (Wildman–Crippen LogP) is 2.74. The molecule has 1 rings (SSSR count). The molecule has 2 nitrogen and oxygen atoms in total. The first-order chi connectivity index (χ1) is 7.58. The lowest BCUT2D eigenvalue weighted by Crippen LogP contribution is -2.27. The summed E-state index contributed by atoms with van der Waals surface area (Å²) in [6.45, 7) is 5.41. The molecular formula is C13H21ClFNO. The fraction of sp³-hybridized carbons (Fsp3) is 0.538. The van der Waals surface area contributed by atoms with E-state index in [0.717, 1.165) is 12.0 Å². The van der Waals surface area contributed by atoms with E-state index < -0.39 is 0 Å². The van der Waals surface area contributed by atoms with Crippen LogP contribution in [0.25, 0.3) is 0 Å². The average Bonchev–Trinajstić information content (AvgIpc) is 2.20. The molecule has 2 N–H and O–H groups in total. The standard InChI is InChI=1S/C13H20FNO.ClH/c1-10(2)7-13(16)9-15-8-11-3-5-12(14)6-4-11;/h3-6,10,13,15-16H,7-9H2,1-2H3;1H. The molecule has 0 aliphatic rings. The molecule has 0 spiro atoms. The maximum Gasteiger partial charge on any atom is 0.123 e. The zero-order valence-corrected chi connectivity index (χ0v) is 11.1. The molecule has 1 atom stereocenters. The Morgan fingerprint density at radius 3 is 2.35 bits per heavy atom. The van der Waals surface area contributed by atoms with Crippen molar-refractivity contribution >= 4 is 12.4 Å². The maximum absolute atomic E-state index is 12.6. The quantitative estimate of drug-likeness (QED) is 0.825. The highest BCUT2D eigenvalue weighted by Gasteiger charge is 2.05. The summed E-state index contributed by atoms with van der Waals surface area (Å²) in [7, 11) is 0. The highest BCUT2D eigenvalue weighted by molar-refractivity contribution is 5.85. The van der Waals surface area contributed by atoms with Gasteiger partial charge in [-0.3, -0.25) is 0 Å². The van der Waals surface area contributed by atoms with Crippen LogP contribution in [0.3, 0.4) is 0 Å². The van der Waals surface area contributed by atoms with Crippen molar-refractivity contribution in [3.8, 4) is 0 Å². The van der Waals surface area contributed by atoms with Crippen molar-refractivity contribution in [3.63, 3.8) is 0 Å². The minimum atomic E-state index is -0.305. The third-order valence-corrected chi connectivity index (χ3v) is 2.37. The number of aliphatic hydroxyl groups excluding tert-OH is 1. The Morgan fingerprint density at radius 1 is 1.24 bits per heavy atom. The lowest BCUT2D eigenvalue weighted by atomic mass is 10.1. The van der Waals surface area contributed by atoms with Crippen LogP contribution in [0.4, 0.5) is 4.39 Å². The van der Waals surface area contributed by atoms with E-state index in [1.807, 2.05) is 0 Å². The van der Waals surface area contributed by atoms with E-state index in [1.54, 1.807) is 12.1 Å². The van der Waals surface area contributed by atoms with Gasteiger partial charge in [-0.2, -0.15) is 0 Å². The average molecular weight is 262 g/mol. The molecule has 1 aromatic carbocycles. The summed E-state index contributed by atoms with van der Waals surface area (Å²) >= 11 is 0. The zero-order valence-electron chi connectivity index (χ0n) is 10.3. The summed E-state index contributed by atoms with van der Waals surface area (Å²) in [4.78, 5) is 0. The first-order valence-electron chi connectivity index (χ1n) is 5.71. The molecule has 0 aliphatic heterocycles. The normalized spacial score (nSPS) is 12.3. The van der Waals surface area contributed by atoms with Gasteiger partial charge in [-0.05, 0) is 30.0 Å². The molecule has 0 fully saturated rings. The van der Waals surface area contributed by atoms with Gasteiger partial charge in [-0.1, -0.05) is 26.0 Å². The SMILES string of the molecule is CC(C)CC(O)CNCc1ccc(F)cc1.Cl. The number of rotatable bonds is 6. The molecule has 0 bridgehead atoms. The topological polar surface area (TPSA) is 32.3 Å². The Bertz CT molecular complexity index is 303. The van der Waals surface area contributed by atoms with Gasteiger partial charge >= 0.3 is 0 Å². The van der Waals surface area contributed by atoms with Gasteiger partial charge in [0.05, 0.1) is 6.10 Å². The van der Waals surface area contributed by atoms with Crippen molar-refractivity contribution in [1.82, 2.24) is 5.32 Å². The summed E-state index contributed by atoms with van der Waals surface area (Å²) in [6.07, 6.45) is 0.497. The van der Waals surface area contributed by atoms with Gasteiger partial charge in [0.2, 0.25) is 0 Å². The number of hydrogen-bond acceptors (Lipinski definition) is 2. The van der Waals surface area contributed by atoms with Gasteiger partial charge in [-0.15, -0.1) is 12.4 Å². The fourth-order valence-electron chi connectivity index (χ4n) is 1.61. The van der Waals surface area contributed by atoms with E-state index in [0.29, 0.717) is 19.0 Å². The van der Waals surface area contributed by atoms with Gasteiger partial charge in [0.25, 0.3) is 0 Å². The van der Waals surface area contributed by atoms with Crippen LogP contribution in [0.15, 0.2) is 24.3 Å². The van der Waals surface area contributed by atoms with Crippen LogP contribution >= 0.6 is 12.4 Å². The van der Waals surface area contributed by atoms with Gasteiger partial charge in [0, 0.05) is 13.1 Å². The molecule has 0 saturated carbocycles. The monoisotopic (exact) mass is 261 g/mol. The van der Waals surface area contributed by atoms with Crippen molar-refractivity contribution in [3.05, 3.63) is 35.6 Å². The molecule has 0 saturated heterocycles. The molecule has 0 amide bonds. The Kier molecular flexibility index (Phi) is 8.13. The molecule has 0 aliphatic carbocycles. The van der Waals surface area contributed by atoms with Crippen molar-refractivity contribution in [2.45, 2.75) is 32.9 Å². The smallest absolute Gasteiger partial charge is 0.123 e.